The summed E-state index contributed by atoms with van der Waals surface area (Å²) in [5, 5.41) is 4.77. The first-order chi connectivity index (χ1) is 14.1. The quantitative estimate of drug-likeness (QED) is 0.561. The number of alkyl carbamates (subject to hydrolysis) is 1. The van der Waals surface area contributed by atoms with Crippen molar-refractivity contribution in [3.8, 4) is 0 Å². The minimum absolute atomic E-state index is 0.147. The number of carbonyl (C=O) groups excluding carboxylic acids is 1. The van der Waals surface area contributed by atoms with Crippen molar-refractivity contribution in [3.63, 3.8) is 0 Å². The van der Waals surface area contributed by atoms with Crippen molar-refractivity contribution < 1.29 is 17.9 Å². The molecule has 0 aliphatic heterocycles. The van der Waals surface area contributed by atoms with E-state index in [1.54, 1.807) is 51.1 Å². The van der Waals surface area contributed by atoms with Crippen molar-refractivity contribution in [1.29, 1.82) is 0 Å². The molecule has 0 unspecified atom stereocenters. The number of hydrogen-bond donors (Lipinski definition) is 1. The van der Waals surface area contributed by atoms with E-state index in [0.29, 0.717) is 12.8 Å². The fourth-order valence-electron chi connectivity index (χ4n) is 2.89. The highest BCUT2D eigenvalue weighted by Gasteiger charge is 2.29. The molecule has 1 aromatic heterocycles. The zero-order chi connectivity index (χ0) is 22.2. The van der Waals surface area contributed by atoms with E-state index in [0.717, 1.165) is 11.3 Å². The van der Waals surface area contributed by atoms with Gasteiger partial charge in [0.25, 0.3) is 0 Å². The average Bonchev–Trinajstić information content (AvgIpc) is 3.18. The van der Waals surface area contributed by atoms with Gasteiger partial charge in [-0.1, -0.05) is 44.0 Å². The Hall–Kier alpha value is -1.90. The van der Waals surface area contributed by atoms with E-state index in [-0.39, 0.29) is 24.0 Å². The first-order valence-electron chi connectivity index (χ1n) is 9.98. The number of benzene rings is 1. The Balaban J connectivity index is 2.26. The van der Waals surface area contributed by atoms with Crippen molar-refractivity contribution in [3.05, 3.63) is 59.6 Å². The van der Waals surface area contributed by atoms with E-state index in [9.17, 15) is 13.2 Å². The molecule has 2 rings (SSSR count). The monoisotopic (exact) mass is 451 g/mol. The third kappa shape index (κ3) is 7.74. The predicted octanol–water partition coefficient (Wildman–Crippen LogP) is 4.84. The Morgan fingerprint density at radius 3 is 2.47 bits per heavy atom. The predicted molar refractivity (Wildman–Crippen MR) is 121 cm³/mol. The summed E-state index contributed by atoms with van der Waals surface area (Å²) in [6.07, 6.45) is 1.51. The Kier molecular flexibility index (Phi) is 8.88. The molecule has 0 aliphatic rings. The molecule has 0 bridgehead atoms. The Morgan fingerprint density at radius 2 is 1.90 bits per heavy atom. The number of unbranched alkanes of at least 4 members (excludes halogenated alkanes) is 1. The maximum absolute atomic E-state index is 13.4. The summed E-state index contributed by atoms with van der Waals surface area (Å²) in [6.45, 7) is 9.62. The molecule has 1 aromatic carbocycles. The van der Waals surface area contributed by atoms with E-state index in [4.69, 9.17) is 4.74 Å². The lowest BCUT2D eigenvalue weighted by atomic mass is 10.1. The third-order valence-corrected chi connectivity index (χ3v) is 6.93. The molecule has 0 aliphatic carbocycles. The van der Waals surface area contributed by atoms with Gasteiger partial charge < -0.3 is 10.1 Å². The van der Waals surface area contributed by atoms with Crippen molar-refractivity contribution >= 4 is 27.5 Å². The van der Waals surface area contributed by atoms with E-state index >= 15 is 0 Å². The van der Waals surface area contributed by atoms with Gasteiger partial charge in [-0.15, -0.1) is 11.3 Å². The van der Waals surface area contributed by atoms with Crippen LogP contribution in [0.5, 0.6) is 0 Å². The molecular formula is C22H31N2O4S2. The zero-order valence-electron chi connectivity index (χ0n) is 17.8. The summed E-state index contributed by atoms with van der Waals surface area (Å²) in [6, 6.07) is 11.8. The molecule has 1 atom stereocenters. The number of thiophene rings is 1. The molecule has 0 spiro atoms. The maximum atomic E-state index is 13.4. The molecule has 0 saturated heterocycles. The average molecular weight is 452 g/mol. The highest BCUT2D eigenvalue weighted by molar-refractivity contribution is 7.89. The molecule has 1 amide bonds. The number of sulfonamides is 1. The number of carbonyl (C=O) groups is 1. The normalized spacial score (nSPS) is 13.2. The highest BCUT2D eigenvalue weighted by Crippen LogP contribution is 2.22. The molecule has 1 heterocycles. The van der Waals surface area contributed by atoms with Gasteiger partial charge in [0, 0.05) is 24.0 Å². The Bertz CT molecular complexity index is 876. The summed E-state index contributed by atoms with van der Waals surface area (Å²) < 4.78 is 33.5. The van der Waals surface area contributed by atoms with Gasteiger partial charge in [0.15, 0.2) is 0 Å². The van der Waals surface area contributed by atoms with Crippen LogP contribution in [-0.4, -0.2) is 37.0 Å². The van der Waals surface area contributed by atoms with Gasteiger partial charge in [-0.25, -0.2) is 13.2 Å². The fourth-order valence-corrected chi connectivity index (χ4v) is 5.17. The van der Waals surface area contributed by atoms with Gasteiger partial charge in [-0.05, 0) is 50.8 Å². The fraction of sp³-hybridized carbons (Fsp3) is 0.455. The van der Waals surface area contributed by atoms with E-state index in [2.05, 4.69) is 12.2 Å². The summed E-state index contributed by atoms with van der Waals surface area (Å²) in [7, 11) is -3.74. The number of rotatable bonds is 10. The first kappa shape index (κ1) is 24.4. The van der Waals surface area contributed by atoms with Crippen LogP contribution >= 0.6 is 11.3 Å². The Labute approximate surface area is 184 Å². The summed E-state index contributed by atoms with van der Waals surface area (Å²) in [4.78, 5) is 13.5. The van der Waals surface area contributed by atoms with Crippen LogP contribution in [0, 0.1) is 6.92 Å². The van der Waals surface area contributed by atoms with E-state index in [1.165, 1.54) is 15.6 Å². The molecule has 1 radical (unpaired) electrons. The number of ether oxygens (including phenoxy) is 1. The number of hydrogen-bond acceptors (Lipinski definition) is 5. The van der Waals surface area contributed by atoms with E-state index in [1.807, 2.05) is 17.5 Å². The van der Waals surface area contributed by atoms with Gasteiger partial charge >= 0.3 is 6.09 Å². The first-order valence-corrected chi connectivity index (χ1v) is 12.3. The molecule has 0 fully saturated rings. The number of nitrogens with one attached hydrogen (secondary N) is 1. The summed E-state index contributed by atoms with van der Waals surface area (Å²) in [5.41, 5.74) is -0.631. The van der Waals surface area contributed by atoms with Crippen LogP contribution in [0.4, 0.5) is 4.79 Å². The van der Waals surface area contributed by atoms with Gasteiger partial charge in [0.1, 0.15) is 5.60 Å². The van der Waals surface area contributed by atoms with Gasteiger partial charge in [0.05, 0.1) is 4.90 Å². The van der Waals surface area contributed by atoms with Crippen LogP contribution < -0.4 is 5.32 Å². The highest BCUT2D eigenvalue weighted by atomic mass is 32.2. The molecule has 1 N–H and O–H groups in total. The van der Waals surface area contributed by atoms with Crippen LogP contribution in [0.1, 0.15) is 44.9 Å². The largest absolute Gasteiger partial charge is 0.444 e. The summed E-state index contributed by atoms with van der Waals surface area (Å²) >= 11 is 1.50. The lowest BCUT2D eigenvalue weighted by Crippen LogP contribution is -2.46. The van der Waals surface area contributed by atoms with Crippen molar-refractivity contribution in [2.75, 3.05) is 6.54 Å². The second-order valence-electron chi connectivity index (χ2n) is 8.03. The van der Waals surface area contributed by atoms with E-state index < -0.39 is 21.7 Å². The molecule has 30 heavy (non-hydrogen) atoms. The second kappa shape index (κ2) is 10.9. The van der Waals surface area contributed by atoms with Crippen LogP contribution in [0.25, 0.3) is 0 Å². The molecular weight excluding hydrogens is 420 g/mol. The van der Waals surface area contributed by atoms with Crippen molar-refractivity contribution in [2.45, 2.75) is 63.1 Å². The molecule has 6 nitrogen and oxygen atoms in total. The molecule has 0 saturated carbocycles. The van der Waals surface area contributed by atoms with Gasteiger partial charge in [-0.3, -0.25) is 0 Å². The minimum Gasteiger partial charge on any atom is -0.444 e. The van der Waals surface area contributed by atoms with Crippen molar-refractivity contribution in [1.82, 2.24) is 9.62 Å². The zero-order valence-corrected chi connectivity index (χ0v) is 19.5. The van der Waals surface area contributed by atoms with Crippen LogP contribution in [0.3, 0.4) is 0 Å². The molecule has 2 aromatic rings. The SMILES string of the molecule is [CH2]CCC[C@@H](CN(Cc1cccs1)S(=O)(=O)c1ccccc1)NC(=O)OC(C)(C)C. The number of amides is 1. The van der Waals surface area contributed by atoms with Crippen LogP contribution in [-0.2, 0) is 21.3 Å². The lowest BCUT2D eigenvalue weighted by molar-refractivity contribution is 0.0495. The number of nitrogens with zero attached hydrogens (tertiary/aromatic N) is 1. The molecule has 165 valence electrons. The topological polar surface area (TPSA) is 75.7 Å². The maximum Gasteiger partial charge on any atom is 0.407 e. The van der Waals surface area contributed by atoms with Gasteiger partial charge in [0.2, 0.25) is 10.0 Å². The smallest absolute Gasteiger partial charge is 0.407 e. The standard InChI is InChI=1S/C22H31N2O4S2/c1-5-6-11-18(23-21(25)28-22(2,3)4)16-24(17-19-12-10-15-29-19)30(26,27)20-13-8-7-9-14-20/h7-10,12-15,18H,1,5-6,11,16-17H2,2-4H3,(H,23,25)/t18-/m0/s1. The molecule has 8 heteroatoms. The second-order valence-corrected chi connectivity index (χ2v) is 11.0. The minimum atomic E-state index is -3.74. The lowest BCUT2D eigenvalue weighted by Gasteiger charge is -2.28. The van der Waals surface area contributed by atoms with Gasteiger partial charge in [-0.2, -0.15) is 4.31 Å². The Morgan fingerprint density at radius 1 is 1.20 bits per heavy atom. The van der Waals surface area contributed by atoms with Crippen LogP contribution in [0.2, 0.25) is 0 Å². The summed E-state index contributed by atoms with van der Waals surface area (Å²) in [5.74, 6) is 0. The third-order valence-electron chi connectivity index (χ3n) is 4.24. The van der Waals surface area contributed by atoms with Crippen molar-refractivity contribution in [2.24, 2.45) is 0 Å². The van der Waals surface area contributed by atoms with Crippen LogP contribution in [0.15, 0.2) is 52.7 Å².